The number of fused-ring (bicyclic) bond motifs is 1. The van der Waals surface area contributed by atoms with Gasteiger partial charge in [0.25, 0.3) is 10.0 Å². The quantitative estimate of drug-likeness (QED) is 0.878. The number of sulfonamides is 1. The summed E-state index contributed by atoms with van der Waals surface area (Å²) in [6, 6.07) is 10.1. The molecule has 23 heavy (non-hydrogen) atoms. The smallest absolute Gasteiger partial charge is 0.263 e. The minimum atomic E-state index is -3.54. The molecule has 1 aliphatic heterocycles. The van der Waals surface area contributed by atoms with E-state index in [9.17, 15) is 13.2 Å². The van der Waals surface area contributed by atoms with Crippen molar-refractivity contribution in [1.29, 1.82) is 0 Å². The average molecular weight is 330 g/mol. The van der Waals surface area contributed by atoms with Crippen LogP contribution in [0.3, 0.4) is 0 Å². The highest BCUT2D eigenvalue weighted by Crippen LogP contribution is 2.22. The van der Waals surface area contributed by atoms with E-state index < -0.39 is 10.0 Å². The maximum absolute atomic E-state index is 11.9. The predicted molar refractivity (Wildman–Crippen MR) is 85.7 cm³/mol. The molecular formula is C15H14N4O3S. The summed E-state index contributed by atoms with van der Waals surface area (Å²) >= 11 is 0. The largest absolute Gasteiger partial charge is 0.325 e. The molecule has 2 aromatic rings. The average Bonchev–Trinajstić information content (AvgIpc) is 2.80. The van der Waals surface area contributed by atoms with Crippen LogP contribution in [0.2, 0.25) is 0 Å². The number of hydrogen-bond acceptors (Lipinski definition) is 5. The van der Waals surface area contributed by atoms with Crippen molar-refractivity contribution < 1.29 is 13.2 Å². The number of hydrogen-bond donors (Lipinski definition) is 2. The molecular weight excluding hydrogens is 316 g/mol. The van der Waals surface area contributed by atoms with Gasteiger partial charge in [-0.25, -0.2) is 8.42 Å². The molecule has 0 radical (unpaired) electrons. The summed E-state index contributed by atoms with van der Waals surface area (Å²) in [6.45, 7) is 0.179. The fraction of sp³-hybridized carbons (Fsp3) is 0.133. The molecule has 0 fully saturated rings. The molecule has 0 atom stereocenters. The zero-order valence-corrected chi connectivity index (χ0v) is 12.9. The molecule has 0 saturated heterocycles. The van der Waals surface area contributed by atoms with Crippen LogP contribution in [0.4, 0.5) is 5.69 Å². The Morgan fingerprint density at radius 2 is 2.04 bits per heavy atom. The molecule has 0 saturated carbocycles. The van der Waals surface area contributed by atoms with E-state index in [1.807, 2.05) is 0 Å². The molecule has 1 amide bonds. The van der Waals surface area contributed by atoms with E-state index in [-0.39, 0.29) is 29.6 Å². The van der Waals surface area contributed by atoms with Gasteiger partial charge in [0.2, 0.25) is 5.91 Å². The van der Waals surface area contributed by atoms with Crippen molar-refractivity contribution in [3.8, 4) is 0 Å². The molecule has 1 aromatic heterocycles. The highest BCUT2D eigenvalue weighted by atomic mass is 32.2. The van der Waals surface area contributed by atoms with Crippen LogP contribution in [-0.2, 0) is 14.8 Å². The summed E-state index contributed by atoms with van der Waals surface area (Å²) in [5.41, 5.74) is 1.14. The van der Waals surface area contributed by atoms with Crippen LogP contribution in [0, 0.1) is 0 Å². The van der Waals surface area contributed by atoms with Gasteiger partial charge in [0.05, 0.1) is 23.3 Å². The molecule has 1 aromatic carbocycles. The first-order valence-corrected chi connectivity index (χ1v) is 8.41. The summed E-state index contributed by atoms with van der Waals surface area (Å²) < 4.78 is 26.2. The number of amidine groups is 1. The number of nitrogens with zero attached hydrogens (tertiary/aromatic N) is 2. The van der Waals surface area contributed by atoms with Gasteiger partial charge in [-0.1, -0.05) is 12.1 Å². The summed E-state index contributed by atoms with van der Waals surface area (Å²) in [4.78, 5) is 20.1. The van der Waals surface area contributed by atoms with Crippen molar-refractivity contribution in [3.63, 3.8) is 0 Å². The normalized spacial score (nSPS) is 16.6. The number of anilines is 1. The van der Waals surface area contributed by atoms with Gasteiger partial charge in [-0.3, -0.25) is 19.5 Å². The molecule has 0 aliphatic carbocycles. The van der Waals surface area contributed by atoms with Gasteiger partial charge in [-0.05, 0) is 24.3 Å². The lowest BCUT2D eigenvalue weighted by atomic mass is 10.2. The standard InChI is InChI=1S/C15H14N4O3S/c20-14(18-11-4-3-8-16-10-11)7-9-17-15-12-5-1-2-6-13(12)23(21,22)19-15/h1-6,8,10H,7,9H2,(H,17,19)(H,18,20). The molecule has 2 N–H and O–H groups in total. The minimum Gasteiger partial charge on any atom is -0.325 e. The number of pyridine rings is 1. The highest BCUT2D eigenvalue weighted by Gasteiger charge is 2.29. The Labute approximate surface area is 133 Å². The van der Waals surface area contributed by atoms with Crippen LogP contribution in [0.25, 0.3) is 0 Å². The third-order valence-electron chi connectivity index (χ3n) is 3.22. The van der Waals surface area contributed by atoms with Crippen LogP contribution >= 0.6 is 0 Å². The van der Waals surface area contributed by atoms with Crippen molar-refractivity contribution in [1.82, 2.24) is 9.71 Å². The number of nitrogens with one attached hydrogen (secondary N) is 2. The van der Waals surface area contributed by atoms with E-state index in [1.54, 1.807) is 42.7 Å². The zero-order valence-electron chi connectivity index (χ0n) is 12.1. The lowest BCUT2D eigenvalue weighted by Crippen LogP contribution is -2.23. The highest BCUT2D eigenvalue weighted by molar-refractivity contribution is 7.90. The van der Waals surface area contributed by atoms with Gasteiger partial charge in [0.15, 0.2) is 0 Å². The predicted octanol–water partition coefficient (Wildman–Crippen LogP) is 1.15. The molecule has 118 valence electrons. The number of aromatic nitrogens is 1. The van der Waals surface area contributed by atoms with Crippen molar-refractivity contribution >= 4 is 27.5 Å². The summed E-state index contributed by atoms with van der Waals surface area (Å²) in [5, 5.41) is 2.69. The SMILES string of the molecule is O=C(CCN=C1NS(=O)(=O)c2ccccc21)Nc1cccnc1. The Morgan fingerprint density at radius 1 is 1.22 bits per heavy atom. The van der Waals surface area contributed by atoms with Crippen LogP contribution in [0.1, 0.15) is 12.0 Å². The van der Waals surface area contributed by atoms with Gasteiger partial charge < -0.3 is 5.32 Å². The first kappa shape index (κ1) is 15.2. The van der Waals surface area contributed by atoms with E-state index in [0.717, 1.165) is 0 Å². The Kier molecular flexibility index (Phi) is 4.07. The third kappa shape index (κ3) is 3.37. The number of benzene rings is 1. The van der Waals surface area contributed by atoms with Gasteiger partial charge in [-0.2, -0.15) is 0 Å². The number of rotatable bonds is 4. The van der Waals surface area contributed by atoms with E-state index >= 15 is 0 Å². The second-order valence-corrected chi connectivity index (χ2v) is 6.52. The molecule has 0 spiro atoms. The fourth-order valence-corrected chi connectivity index (χ4v) is 3.43. The monoisotopic (exact) mass is 330 g/mol. The number of aliphatic imine (C=N–C) groups is 1. The van der Waals surface area contributed by atoms with Gasteiger partial charge in [-0.15, -0.1) is 0 Å². The fourth-order valence-electron chi connectivity index (χ4n) is 2.18. The van der Waals surface area contributed by atoms with E-state index in [4.69, 9.17) is 0 Å². The maximum atomic E-state index is 11.9. The molecule has 0 unspecified atom stereocenters. The molecule has 1 aliphatic rings. The summed E-state index contributed by atoms with van der Waals surface area (Å²) in [5.74, 6) is 0.0614. The second kappa shape index (κ2) is 6.17. The molecule has 8 heteroatoms. The number of carbonyl (C=O) groups is 1. The third-order valence-corrected chi connectivity index (χ3v) is 4.61. The molecule has 2 heterocycles. The van der Waals surface area contributed by atoms with E-state index in [2.05, 4.69) is 20.0 Å². The van der Waals surface area contributed by atoms with Crippen molar-refractivity contribution in [2.45, 2.75) is 11.3 Å². The van der Waals surface area contributed by atoms with E-state index in [0.29, 0.717) is 11.3 Å². The summed E-state index contributed by atoms with van der Waals surface area (Å²) in [7, 11) is -3.54. The lowest BCUT2D eigenvalue weighted by Gasteiger charge is -2.03. The van der Waals surface area contributed by atoms with E-state index in [1.165, 1.54) is 6.07 Å². The Bertz CT molecular complexity index is 863. The van der Waals surface area contributed by atoms with Crippen LogP contribution < -0.4 is 10.0 Å². The summed E-state index contributed by atoms with van der Waals surface area (Å²) in [6.07, 6.45) is 3.30. The zero-order chi connectivity index (χ0) is 16.3. The molecule has 7 nitrogen and oxygen atoms in total. The Hall–Kier alpha value is -2.74. The first-order chi connectivity index (χ1) is 11.1. The van der Waals surface area contributed by atoms with Gasteiger partial charge >= 0.3 is 0 Å². The molecule has 3 rings (SSSR count). The van der Waals surface area contributed by atoms with Crippen LogP contribution in [0.5, 0.6) is 0 Å². The topological polar surface area (TPSA) is 101 Å². The van der Waals surface area contributed by atoms with Gasteiger partial charge in [0, 0.05) is 18.2 Å². The van der Waals surface area contributed by atoms with Crippen LogP contribution in [-0.4, -0.2) is 31.7 Å². The molecule has 0 bridgehead atoms. The number of amides is 1. The number of carbonyl (C=O) groups excluding carboxylic acids is 1. The first-order valence-electron chi connectivity index (χ1n) is 6.93. The lowest BCUT2D eigenvalue weighted by molar-refractivity contribution is -0.116. The second-order valence-electron chi connectivity index (χ2n) is 4.87. The minimum absolute atomic E-state index is 0.141. The van der Waals surface area contributed by atoms with Crippen LogP contribution in [0.15, 0.2) is 58.7 Å². The van der Waals surface area contributed by atoms with Crippen molar-refractivity contribution in [2.75, 3.05) is 11.9 Å². The van der Waals surface area contributed by atoms with Crippen molar-refractivity contribution in [3.05, 3.63) is 54.4 Å². The Balaban J connectivity index is 1.64. The Morgan fingerprint density at radius 3 is 2.83 bits per heavy atom. The van der Waals surface area contributed by atoms with Gasteiger partial charge in [0.1, 0.15) is 5.84 Å². The van der Waals surface area contributed by atoms with Crippen molar-refractivity contribution in [2.24, 2.45) is 4.99 Å². The maximum Gasteiger partial charge on any atom is 0.263 e.